The molecule has 0 unspecified atom stereocenters. The summed E-state index contributed by atoms with van der Waals surface area (Å²) in [6, 6.07) is 17.6. The van der Waals surface area contributed by atoms with Crippen molar-refractivity contribution in [2.24, 2.45) is 5.10 Å². The van der Waals surface area contributed by atoms with Gasteiger partial charge in [0, 0.05) is 15.5 Å². The Morgan fingerprint density at radius 1 is 1.15 bits per heavy atom. The number of hydrogen-bond donors (Lipinski definition) is 1. The molecule has 4 rings (SSSR count). The summed E-state index contributed by atoms with van der Waals surface area (Å²) in [7, 11) is 0. The van der Waals surface area contributed by atoms with Gasteiger partial charge >= 0.3 is 0 Å². The molecule has 0 saturated carbocycles. The molecule has 0 atom stereocenters. The summed E-state index contributed by atoms with van der Waals surface area (Å²) >= 11 is 6.27. The smallest absolute Gasteiger partial charge is 0.250 e. The van der Waals surface area contributed by atoms with Crippen molar-refractivity contribution in [1.29, 1.82) is 0 Å². The molecule has 0 spiro atoms. The number of thioether (sulfide) groups is 1. The van der Waals surface area contributed by atoms with E-state index in [1.165, 1.54) is 11.8 Å². The molecule has 0 saturated heterocycles. The van der Waals surface area contributed by atoms with Crippen LogP contribution >= 0.6 is 39.0 Å². The van der Waals surface area contributed by atoms with Gasteiger partial charge in [-0.15, -0.1) is 21.5 Å². The molecule has 7 nitrogen and oxygen atoms in total. The monoisotopic (exact) mass is 554 g/mol. The first-order chi connectivity index (χ1) is 16.4. The molecule has 0 aliphatic rings. The van der Waals surface area contributed by atoms with Gasteiger partial charge in [0.15, 0.2) is 16.0 Å². The number of halogens is 1. The first kappa shape index (κ1) is 24.3. The number of carbonyl (C=O) groups excluding carboxylic acids is 1. The summed E-state index contributed by atoms with van der Waals surface area (Å²) in [5, 5.41) is 16.5. The van der Waals surface area contributed by atoms with Crippen LogP contribution in [0.15, 0.2) is 74.7 Å². The van der Waals surface area contributed by atoms with Gasteiger partial charge in [-0.1, -0.05) is 71.9 Å². The van der Waals surface area contributed by atoms with Crippen LogP contribution in [0.4, 0.5) is 0 Å². The molecule has 0 radical (unpaired) electrons. The molecule has 2 heterocycles. The van der Waals surface area contributed by atoms with Gasteiger partial charge < -0.3 is 0 Å². The minimum Gasteiger partial charge on any atom is -0.272 e. The number of hydrogen-bond acceptors (Lipinski definition) is 7. The predicted octanol–water partition coefficient (Wildman–Crippen LogP) is 5.91. The minimum atomic E-state index is -0.220. The van der Waals surface area contributed by atoms with Gasteiger partial charge in [0.05, 0.1) is 17.2 Å². The summed E-state index contributed by atoms with van der Waals surface area (Å²) in [6.45, 7) is 6.08. The number of thiazole rings is 1. The molecule has 2 aromatic heterocycles. The van der Waals surface area contributed by atoms with Gasteiger partial charge in [-0.2, -0.15) is 5.10 Å². The third-order valence-corrected chi connectivity index (χ3v) is 7.21. The Labute approximate surface area is 214 Å². The third kappa shape index (κ3) is 5.81. The maximum atomic E-state index is 12.5. The summed E-state index contributed by atoms with van der Waals surface area (Å²) in [6.07, 6.45) is 0. The summed E-state index contributed by atoms with van der Waals surface area (Å²) in [5.41, 5.74) is 6.23. The fourth-order valence-corrected chi connectivity index (χ4v) is 4.99. The Morgan fingerprint density at radius 3 is 2.56 bits per heavy atom. The second-order valence-electron chi connectivity index (χ2n) is 7.74. The van der Waals surface area contributed by atoms with E-state index in [1.54, 1.807) is 11.3 Å². The van der Waals surface area contributed by atoms with Crippen molar-refractivity contribution in [3.63, 3.8) is 0 Å². The number of hydrazone groups is 1. The zero-order valence-corrected chi connectivity index (χ0v) is 22.1. The van der Waals surface area contributed by atoms with Crippen molar-refractivity contribution in [1.82, 2.24) is 25.2 Å². The summed E-state index contributed by atoms with van der Waals surface area (Å²) in [4.78, 5) is 17.2. The van der Waals surface area contributed by atoms with Crippen LogP contribution in [0, 0.1) is 0 Å². The molecule has 34 heavy (non-hydrogen) atoms. The van der Waals surface area contributed by atoms with Gasteiger partial charge in [0.1, 0.15) is 0 Å². The van der Waals surface area contributed by atoms with E-state index in [2.05, 4.69) is 55.9 Å². The maximum absolute atomic E-state index is 12.5. The molecule has 174 valence electrons. The van der Waals surface area contributed by atoms with Crippen LogP contribution < -0.4 is 5.43 Å². The Balaban J connectivity index is 1.51. The second-order valence-corrected chi connectivity index (χ2v) is 10.5. The van der Waals surface area contributed by atoms with Gasteiger partial charge in [-0.3, -0.25) is 9.36 Å². The van der Waals surface area contributed by atoms with E-state index in [0.29, 0.717) is 16.9 Å². The predicted molar refractivity (Wildman–Crippen MR) is 142 cm³/mol. The molecular formula is C24H23BrN6OS2. The summed E-state index contributed by atoms with van der Waals surface area (Å²) in [5.74, 6) is 0.922. The molecular weight excluding hydrogens is 532 g/mol. The average molecular weight is 556 g/mol. The molecule has 2 aromatic carbocycles. The van der Waals surface area contributed by atoms with E-state index < -0.39 is 0 Å². The lowest BCUT2D eigenvalue weighted by molar-refractivity contribution is -0.118. The van der Waals surface area contributed by atoms with Gasteiger partial charge in [0.25, 0.3) is 5.91 Å². The Bertz CT molecular complexity index is 1300. The van der Waals surface area contributed by atoms with E-state index in [1.807, 2.05) is 66.1 Å². The number of amides is 1. The number of carbonyl (C=O) groups is 1. The van der Waals surface area contributed by atoms with Crippen LogP contribution in [-0.4, -0.2) is 37.1 Å². The van der Waals surface area contributed by atoms with E-state index in [4.69, 9.17) is 4.98 Å². The largest absolute Gasteiger partial charge is 0.272 e. The fourth-order valence-electron chi connectivity index (χ4n) is 3.03. The van der Waals surface area contributed by atoms with Crippen molar-refractivity contribution in [3.05, 3.63) is 75.7 Å². The zero-order valence-electron chi connectivity index (χ0n) is 18.9. The van der Waals surface area contributed by atoms with Crippen LogP contribution in [0.5, 0.6) is 0 Å². The van der Waals surface area contributed by atoms with E-state index in [0.717, 1.165) is 32.1 Å². The van der Waals surface area contributed by atoms with Crippen LogP contribution in [0.25, 0.3) is 16.5 Å². The van der Waals surface area contributed by atoms with Crippen molar-refractivity contribution in [3.8, 4) is 16.5 Å². The highest BCUT2D eigenvalue weighted by atomic mass is 79.9. The maximum Gasteiger partial charge on any atom is 0.250 e. The third-order valence-electron chi connectivity index (χ3n) is 4.90. The first-order valence-electron chi connectivity index (χ1n) is 10.6. The quantitative estimate of drug-likeness (QED) is 0.166. The van der Waals surface area contributed by atoms with Crippen LogP contribution in [0.1, 0.15) is 37.9 Å². The molecule has 0 bridgehead atoms. The Morgan fingerprint density at radius 2 is 1.88 bits per heavy atom. The van der Waals surface area contributed by atoms with Gasteiger partial charge in [-0.05, 0) is 42.7 Å². The summed E-state index contributed by atoms with van der Waals surface area (Å²) < 4.78 is 2.93. The van der Waals surface area contributed by atoms with Crippen molar-refractivity contribution in [2.75, 3.05) is 5.75 Å². The van der Waals surface area contributed by atoms with Crippen LogP contribution in [-0.2, 0) is 4.79 Å². The molecule has 1 amide bonds. The molecule has 0 aliphatic heterocycles. The SMILES string of the molecule is C/C(=N\NC(=O)CSc1nnc(-c2nc(C(C)C)cs2)n1-c1ccccc1)c1ccc(Br)cc1. The lowest BCUT2D eigenvalue weighted by Gasteiger charge is -2.09. The average Bonchev–Trinajstić information content (AvgIpc) is 3.49. The van der Waals surface area contributed by atoms with Crippen molar-refractivity contribution >= 4 is 50.6 Å². The highest BCUT2D eigenvalue weighted by molar-refractivity contribution is 9.10. The van der Waals surface area contributed by atoms with Crippen LogP contribution in [0.3, 0.4) is 0 Å². The van der Waals surface area contributed by atoms with Crippen LogP contribution in [0.2, 0.25) is 0 Å². The van der Waals surface area contributed by atoms with Crippen molar-refractivity contribution < 1.29 is 4.79 Å². The lowest BCUT2D eigenvalue weighted by atomic mass is 10.1. The molecule has 1 N–H and O–H groups in total. The first-order valence-corrected chi connectivity index (χ1v) is 13.3. The lowest BCUT2D eigenvalue weighted by Crippen LogP contribution is -2.21. The molecule has 0 fully saturated rings. The molecule has 4 aromatic rings. The highest BCUT2D eigenvalue weighted by Crippen LogP contribution is 2.31. The zero-order chi connectivity index (χ0) is 24.1. The van der Waals surface area contributed by atoms with E-state index in [9.17, 15) is 4.79 Å². The standard InChI is InChI=1S/C24H23BrN6OS2/c1-15(2)20-13-33-23(26-20)22-29-30-24(31(22)19-7-5-4-6-8-19)34-14-21(32)28-27-16(3)17-9-11-18(25)12-10-17/h4-13,15H,14H2,1-3H3,(H,28,32)/b27-16+. The molecule has 10 heteroatoms. The highest BCUT2D eigenvalue weighted by Gasteiger charge is 2.20. The number of para-hydroxylation sites is 1. The Kier molecular flexibility index (Phi) is 7.91. The topological polar surface area (TPSA) is 85.1 Å². The number of nitrogens with zero attached hydrogens (tertiary/aromatic N) is 5. The Hall–Kier alpha value is -2.82. The minimum absolute atomic E-state index is 0.150. The number of aromatic nitrogens is 4. The number of rotatable bonds is 8. The fraction of sp³-hybridized carbons (Fsp3) is 0.208. The molecule has 0 aliphatic carbocycles. The van der Waals surface area contributed by atoms with Gasteiger partial charge in [0.2, 0.25) is 0 Å². The van der Waals surface area contributed by atoms with Crippen molar-refractivity contribution in [2.45, 2.75) is 31.8 Å². The van der Waals surface area contributed by atoms with Gasteiger partial charge in [-0.25, -0.2) is 10.4 Å². The number of benzene rings is 2. The number of nitrogens with one attached hydrogen (secondary N) is 1. The van der Waals surface area contributed by atoms with E-state index >= 15 is 0 Å². The van der Waals surface area contributed by atoms with E-state index in [-0.39, 0.29) is 11.7 Å². The normalized spacial score (nSPS) is 11.7. The second kappa shape index (κ2) is 11.1.